The van der Waals surface area contributed by atoms with Crippen molar-refractivity contribution in [2.45, 2.75) is 18.3 Å². The Balaban J connectivity index is 1.76. The molecule has 2 N–H and O–H groups in total. The van der Waals surface area contributed by atoms with Crippen molar-refractivity contribution in [1.29, 1.82) is 0 Å². The molecule has 4 rings (SSSR count). The summed E-state index contributed by atoms with van der Waals surface area (Å²) in [7, 11) is 0. The summed E-state index contributed by atoms with van der Waals surface area (Å²) in [6, 6.07) is 24.9. The largest absolute Gasteiger partial charge is 0.325 e. The van der Waals surface area contributed by atoms with Gasteiger partial charge >= 0.3 is 0 Å². The summed E-state index contributed by atoms with van der Waals surface area (Å²) in [6.45, 7) is 0. The van der Waals surface area contributed by atoms with Gasteiger partial charge in [0.1, 0.15) is 0 Å². The van der Waals surface area contributed by atoms with Gasteiger partial charge in [0.05, 0.1) is 10.7 Å². The van der Waals surface area contributed by atoms with Crippen molar-refractivity contribution in [3.05, 3.63) is 95.1 Å². The summed E-state index contributed by atoms with van der Waals surface area (Å²) in [4.78, 5) is 23.4. The van der Waals surface area contributed by atoms with Gasteiger partial charge in [0, 0.05) is 16.8 Å². The summed E-state index contributed by atoms with van der Waals surface area (Å²) in [5, 5.41) is 6.30. The third-order valence-corrected chi connectivity index (χ3v) is 6.83. The number of rotatable bonds is 6. The zero-order chi connectivity index (χ0) is 21.8. The molecule has 1 aliphatic carbocycles. The molecule has 2 amide bonds. The molecule has 4 nitrogen and oxygen atoms in total. The van der Waals surface area contributed by atoms with E-state index >= 15 is 0 Å². The normalized spacial score (nSPS) is 14.0. The fourth-order valence-corrected chi connectivity index (χ4v) is 4.72. The molecule has 158 valence electrons. The number of hydrogen-bond acceptors (Lipinski definition) is 2. The van der Waals surface area contributed by atoms with Gasteiger partial charge in [-0.3, -0.25) is 9.59 Å². The highest BCUT2D eigenvalue weighted by atomic mass is 79.9. The van der Waals surface area contributed by atoms with Crippen LogP contribution in [-0.2, 0) is 21.4 Å². The van der Waals surface area contributed by atoms with Crippen LogP contribution in [0.3, 0.4) is 0 Å². The maximum atomic E-state index is 11.7. The summed E-state index contributed by atoms with van der Waals surface area (Å²) in [5.74, 6) is -0.149. The number of carbonyl (C=O) groups is 2. The summed E-state index contributed by atoms with van der Waals surface area (Å²) in [6.07, 6.45) is 1.97. The van der Waals surface area contributed by atoms with Crippen molar-refractivity contribution in [3.63, 3.8) is 0 Å². The van der Waals surface area contributed by atoms with E-state index < -0.39 is 0 Å². The number of benzene rings is 3. The van der Waals surface area contributed by atoms with Gasteiger partial charge in [-0.15, -0.1) is 0 Å². The Kier molecular flexibility index (Phi) is 6.58. The van der Waals surface area contributed by atoms with E-state index in [-0.39, 0.29) is 27.9 Å². The Bertz CT molecular complexity index is 1030. The van der Waals surface area contributed by atoms with Crippen LogP contribution in [0.4, 0.5) is 11.4 Å². The van der Waals surface area contributed by atoms with Crippen LogP contribution in [0.5, 0.6) is 0 Å². The lowest BCUT2D eigenvalue weighted by atomic mass is 9.70. The second kappa shape index (κ2) is 9.37. The lowest BCUT2D eigenvalue weighted by Crippen LogP contribution is -2.26. The molecule has 3 aromatic rings. The van der Waals surface area contributed by atoms with Crippen LogP contribution in [0.15, 0.2) is 72.8 Å². The molecular formula is C25H22Br2N2O2. The molecule has 6 heteroatoms. The number of amides is 2. The van der Waals surface area contributed by atoms with Crippen molar-refractivity contribution in [2.24, 2.45) is 0 Å². The summed E-state index contributed by atoms with van der Waals surface area (Å²) < 4.78 is 0. The van der Waals surface area contributed by atoms with Crippen LogP contribution in [0.25, 0.3) is 0 Å². The van der Waals surface area contributed by atoms with Gasteiger partial charge in [-0.2, -0.15) is 0 Å². The summed E-state index contributed by atoms with van der Waals surface area (Å²) in [5.41, 5.74) is 6.33. The van der Waals surface area contributed by atoms with E-state index in [1.165, 1.54) is 22.3 Å². The predicted octanol–water partition coefficient (Wildman–Crippen LogP) is 5.63. The molecule has 0 radical (unpaired) electrons. The highest BCUT2D eigenvalue weighted by Gasteiger charge is 2.41. The maximum Gasteiger partial charge on any atom is 0.235 e. The van der Waals surface area contributed by atoms with E-state index in [9.17, 15) is 9.59 Å². The zero-order valence-corrected chi connectivity index (χ0v) is 20.0. The molecule has 0 saturated heterocycles. The first-order valence-electron chi connectivity index (χ1n) is 10.1. The molecule has 0 unspecified atom stereocenters. The standard InChI is InChI=1S/C25H22Br2N2O2/c26-15-23(30)28-20-9-5-18(6-10-20)25(14-13-17-3-1-2-4-22(17)25)19-7-11-21(12-8-19)29-24(31)16-27/h1-12H,13-16H2,(H,28,30)(H,29,31). The van der Waals surface area contributed by atoms with Gasteiger partial charge in [-0.1, -0.05) is 80.4 Å². The first-order chi connectivity index (χ1) is 15.1. The van der Waals surface area contributed by atoms with Crippen molar-refractivity contribution in [3.8, 4) is 0 Å². The topological polar surface area (TPSA) is 58.2 Å². The van der Waals surface area contributed by atoms with E-state index in [1.54, 1.807) is 0 Å². The number of nitrogens with one attached hydrogen (secondary N) is 2. The first-order valence-corrected chi connectivity index (χ1v) is 12.3. The van der Waals surface area contributed by atoms with Gasteiger partial charge < -0.3 is 10.6 Å². The molecule has 31 heavy (non-hydrogen) atoms. The quantitative estimate of drug-likeness (QED) is 0.397. The number of fused-ring (bicyclic) bond motifs is 1. The van der Waals surface area contributed by atoms with Crippen LogP contribution in [0, 0.1) is 0 Å². The van der Waals surface area contributed by atoms with Crippen molar-refractivity contribution < 1.29 is 9.59 Å². The molecule has 0 fully saturated rings. The fraction of sp³-hybridized carbons (Fsp3) is 0.200. The average Bonchev–Trinajstić information content (AvgIpc) is 3.20. The molecule has 1 aliphatic rings. The Morgan fingerprint density at radius 3 is 1.71 bits per heavy atom. The smallest absolute Gasteiger partial charge is 0.235 e. The third-order valence-electron chi connectivity index (χ3n) is 5.81. The molecule has 0 bridgehead atoms. The van der Waals surface area contributed by atoms with Crippen molar-refractivity contribution in [1.82, 2.24) is 0 Å². The van der Waals surface area contributed by atoms with Crippen LogP contribution in [0.1, 0.15) is 28.7 Å². The maximum absolute atomic E-state index is 11.7. The van der Waals surface area contributed by atoms with E-state index in [4.69, 9.17) is 0 Å². The highest BCUT2D eigenvalue weighted by Crippen LogP contribution is 2.49. The second-order valence-corrected chi connectivity index (χ2v) is 8.70. The Hall–Kier alpha value is -2.44. The Labute approximate surface area is 198 Å². The first kappa shape index (κ1) is 21.8. The summed E-state index contributed by atoms with van der Waals surface area (Å²) >= 11 is 6.36. The molecule has 0 aliphatic heterocycles. The minimum atomic E-state index is -0.271. The monoisotopic (exact) mass is 540 g/mol. The second-order valence-electron chi connectivity index (χ2n) is 7.58. The molecule has 0 heterocycles. The fourth-order valence-electron chi connectivity index (χ4n) is 4.44. The van der Waals surface area contributed by atoms with E-state index in [2.05, 4.69) is 91.0 Å². The highest BCUT2D eigenvalue weighted by molar-refractivity contribution is 9.09. The minimum Gasteiger partial charge on any atom is -0.325 e. The number of anilines is 2. The van der Waals surface area contributed by atoms with Gasteiger partial charge in [0.25, 0.3) is 0 Å². The SMILES string of the molecule is O=C(CBr)Nc1ccc(C2(c3ccc(NC(=O)CBr)cc3)CCc3ccccc32)cc1. The zero-order valence-electron chi connectivity index (χ0n) is 16.8. The average molecular weight is 542 g/mol. The minimum absolute atomic E-state index is 0.0743. The van der Waals surface area contributed by atoms with Gasteiger partial charge in [0.15, 0.2) is 0 Å². The molecule has 0 atom stereocenters. The van der Waals surface area contributed by atoms with E-state index in [0.717, 1.165) is 24.2 Å². The van der Waals surface area contributed by atoms with Crippen molar-refractivity contribution >= 4 is 55.0 Å². The van der Waals surface area contributed by atoms with E-state index in [0.29, 0.717) is 0 Å². The number of carbonyl (C=O) groups excluding carboxylic acids is 2. The number of aryl methyl sites for hydroxylation is 1. The van der Waals surface area contributed by atoms with Gasteiger partial charge in [-0.25, -0.2) is 0 Å². The molecule has 0 saturated carbocycles. The van der Waals surface area contributed by atoms with Crippen LogP contribution < -0.4 is 10.6 Å². The molecule has 0 spiro atoms. The third kappa shape index (κ3) is 4.32. The van der Waals surface area contributed by atoms with Gasteiger partial charge in [-0.05, 0) is 59.4 Å². The van der Waals surface area contributed by atoms with Crippen LogP contribution in [0.2, 0.25) is 0 Å². The van der Waals surface area contributed by atoms with Crippen LogP contribution in [-0.4, -0.2) is 22.5 Å². The number of alkyl halides is 2. The number of hydrogen-bond donors (Lipinski definition) is 2. The Morgan fingerprint density at radius 1 is 0.742 bits per heavy atom. The lowest BCUT2D eigenvalue weighted by molar-refractivity contribution is -0.114. The molecule has 3 aromatic carbocycles. The lowest BCUT2D eigenvalue weighted by Gasteiger charge is -2.32. The van der Waals surface area contributed by atoms with Crippen molar-refractivity contribution in [2.75, 3.05) is 21.3 Å². The predicted molar refractivity (Wildman–Crippen MR) is 132 cm³/mol. The molecular weight excluding hydrogens is 520 g/mol. The van der Waals surface area contributed by atoms with Crippen LogP contribution >= 0.6 is 31.9 Å². The van der Waals surface area contributed by atoms with Gasteiger partial charge in [0.2, 0.25) is 11.8 Å². The number of halogens is 2. The molecule has 0 aromatic heterocycles. The van der Waals surface area contributed by atoms with E-state index in [1.807, 2.05) is 24.3 Å². The Morgan fingerprint density at radius 2 is 1.23 bits per heavy atom.